The molecule has 0 radical (unpaired) electrons. The van der Waals surface area contributed by atoms with E-state index in [1.165, 1.54) is 25.7 Å². The van der Waals surface area contributed by atoms with Crippen molar-refractivity contribution in [2.75, 3.05) is 6.54 Å². The number of nitrogens with one attached hydrogen (secondary N) is 1. The monoisotopic (exact) mass is 268 g/mol. The predicted molar refractivity (Wildman–Crippen MR) is 80.7 cm³/mol. The molecule has 1 saturated carbocycles. The number of hydrogen-bond donors (Lipinski definition) is 1. The molecule has 1 aliphatic rings. The molecule has 1 N–H and O–H groups in total. The zero-order valence-electron chi connectivity index (χ0n) is 11.6. The highest BCUT2D eigenvalue weighted by molar-refractivity contribution is 6.06. The number of aromatic nitrogens is 1. The third-order valence-corrected chi connectivity index (χ3v) is 4.23. The molecule has 3 heteroatoms. The first-order valence-electron chi connectivity index (χ1n) is 7.45. The highest BCUT2D eigenvalue weighted by Crippen LogP contribution is 2.27. The van der Waals surface area contributed by atoms with Gasteiger partial charge in [-0.1, -0.05) is 49.9 Å². The Hall–Kier alpha value is -1.90. The number of amides is 1. The van der Waals surface area contributed by atoms with Crippen LogP contribution >= 0.6 is 0 Å². The summed E-state index contributed by atoms with van der Waals surface area (Å²) in [6.07, 6.45) is 9.91. The topological polar surface area (TPSA) is 42.0 Å². The van der Waals surface area contributed by atoms with Gasteiger partial charge in [0.15, 0.2) is 0 Å². The van der Waals surface area contributed by atoms with Crippen LogP contribution in [-0.4, -0.2) is 17.4 Å². The Bertz CT molecular complexity index is 597. The first-order valence-corrected chi connectivity index (χ1v) is 7.45. The molecule has 1 aliphatic carbocycles. The largest absolute Gasteiger partial charge is 0.352 e. The third-order valence-electron chi connectivity index (χ3n) is 4.23. The second-order valence-corrected chi connectivity index (χ2v) is 5.60. The van der Waals surface area contributed by atoms with Crippen LogP contribution in [0.5, 0.6) is 0 Å². The maximum Gasteiger partial charge on any atom is 0.253 e. The Kier molecular flexibility index (Phi) is 3.95. The van der Waals surface area contributed by atoms with Crippen molar-refractivity contribution in [2.24, 2.45) is 5.92 Å². The molecule has 104 valence electrons. The Labute approximate surface area is 119 Å². The van der Waals surface area contributed by atoms with Gasteiger partial charge in [0.25, 0.3) is 5.91 Å². The van der Waals surface area contributed by atoms with Crippen molar-refractivity contribution in [3.63, 3.8) is 0 Å². The average molecular weight is 268 g/mol. The van der Waals surface area contributed by atoms with E-state index in [1.807, 2.05) is 24.3 Å². The number of carbonyl (C=O) groups is 1. The Morgan fingerprint density at radius 1 is 1.20 bits per heavy atom. The predicted octanol–water partition coefficient (Wildman–Crippen LogP) is 3.54. The summed E-state index contributed by atoms with van der Waals surface area (Å²) in [6.45, 7) is 0.771. The SMILES string of the molecule is O=C(NCCC1CCCC1)c1cncc2ccccc12. The van der Waals surface area contributed by atoms with Crippen LogP contribution in [0.1, 0.15) is 42.5 Å². The number of hydrogen-bond acceptors (Lipinski definition) is 2. The van der Waals surface area contributed by atoms with Gasteiger partial charge in [0.2, 0.25) is 0 Å². The van der Waals surface area contributed by atoms with Crippen LogP contribution in [0.4, 0.5) is 0 Å². The van der Waals surface area contributed by atoms with Gasteiger partial charge in [-0.05, 0) is 17.7 Å². The molecule has 1 aromatic heterocycles. The minimum Gasteiger partial charge on any atom is -0.352 e. The summed E-state index contributed by atoms with van der Waals surface area (Å²) in [6, 6.07) is 7.88. The van der Waals surface area contributed by atoms with Crippen LogP contribution < -0.4 is 5.32 Å². The first-order chi connectivity index (χ1) is 9.84. The van der Waals surface area contributed by atoms with E-state index >= 15 is 0 Å². The number of pyridine rings is 1. The van der Waals surface area contributed by atoms with Crippen LogP contribution in [0.3, 0.4) is 0 Å². The van der Waals surface area contributed by atoms with Crippen molar-refractivity contribution < 1.29 is 4.79 Å². The fraction of sp³-hybridized carbons (Fsp3) is 0.412. The van der Waals surface area contributed by atoms with Gasteiger partial charge < -0.3 is 5.32 Å². The smallest absolute Gasteiger partial charge is 0.253 e. The number of fused-ring (bicyclic) bond motifs is 1. The number of rotatable bonds is 4. The van der Waals surface area contributed by atoms with Gasteiger partial charge in [-0.3, -0.25) is 9.78 Å². The molecule has 3 rings (SSSR count). The van der Waals surface area contributed by atoms with Crippen LogP contribution in [0, 0.1) is 5.92 Å². The van der Waals surface area contributed by atoms with Gasteiger partial charge in [0.05, 0.1) is 5.56 Å². The molecule has 1 fully saturated rings. The molecule has 0 spiro atoms. The zero-order chi connectivity index (χ0) is 13.8. The van der Waals surface area contributed by atoms with E-state index in [-0.39, 0.29) is 5.91 Å². The molecule has 0 saturated heterocycles. The van der Waals surface area contributed by atoms with Crippen molar-refractivity contribution in [1.82, 2.24) is 10.3 Å². The molecule has 0 unspecified atom stereocenters. The second kappa shape index (κ2) is 6.04. The van der Waals surface area contributed by atoms with Crippen molar-refractivity contribution in [1.29, 1.82) is 0 Å². The Morgan fingerprint density at radius 3 is 2.85 bits per heavy atom. The second-order valence-electron chi connectivity index (χ2n) is 5.60. The molecular formula is C17H20N2O. The standard InChI is InChI=1S/C17H20N2O/c20-17(19-10-9-13-5-1-2-6-13)16-12-18-11-14-7-3-4-8-15(14)16/h3-4,7-8,11-13H,1-2,5-6,9-10H2,(H,19,20). The number of nitrogens with zero attached hydrogens (tertiary/aromatic N) is 1. The third kappa shape index (κ3) is 2.82. The van der Waals surface area contributed by atoms with Gasteiger partial charge in [0.1, 0.15) is 0 Å². The fourth-order valence-electron chi connectivity index (χ4n) is 3.08. The molecule has 0 atom stereocenters. The highest BCUT2D eigenvalue weighted by Gasteiger charge is 2.15. The lowest BCUT2D eigenvalue weighted by molar-refractivity contribution is 0.0953. The summed E-state index contributed by atoms with van der Waals surface area (Å²) in [5.41, 5.74) is 0.675. The lowest BCUT2D eigenvalue weighted by Gasteiger charge is -2.10. The summed E-state index contributed by atoms with van der Waals surface area (Å²) in [5, 5.41) is 5.02. The summed E-state index contributed by atoms with van der Waals surface area (Å²) in [4.78, 5) is 16.4. The van der Waals surface area contributed by atoms with Crippen molar-refractivity contribution in [3.05, 3.63) is 42.2 Å². The van der Waals surface area contributed by atoms with E-state index in [9.17, 15) is 4.79 Å². The summed E-state index contributed by atoms with van der Waals surface area (Å²) in [7, 11) is 0. The summed E-state index contributed by atoms with van der Waals surface area (Å²) >= 11 is 0. The highest BCUT2D eigenvalue weighted by atomic mass is 16.1. The molecule has 2 aromatic rings. The van der Waals surface area contributed by atoms with Crippen LogP contribution in [0.25, 0.3) is 10.8 Å². The van der Waals surface area contributed by atoms with E-state index in [4.69, 9.17) is 0 Å². The molecule has 0 bridgehead atoms. The van der Waals surface area contributed by atoms with Gasteiger partial charge in [-0.15, -0.1) is 0 Å². The molecule has 1 aromatic carbocycles. The molecule has 3 nitrogen and oxygen atoms in total. The lowest BCUT2D eigenvalue weighted by atomic mass is 10.0. The lowest BCUT2D eigenvalue weighted by Crippen LogP contribution is -2.26. The average Bonchev–Trinajstić information content (AvgIpc) is 3.00. The van der Waals surface area contributed by atoms with Crippen LogP contribution in [0.15, 0.2) is 36.7 Å². The van der Waals surface area contributed by atoms with E-state index in [0.29, 0.717) is 5.56 Å². The van der Waals surface area contributed by atoms with Crippen molar-refractivity contribution in [3.8, 4) is 0 Å². The number of carbonyl (C=O) groups excluding carboxylic acids is 1. The van der Waals surface area contributed by atoms with E-state index in [0.717, 1.165) is 29.7 Å². The van der Waals surface area contributed by atoms with E-state index in [1.54, 1.807) is 12.4 Å². The molecule has 0 aliphatic heterocycles. The quantitative estimate of drug-likeness (QED) is 0.921. The van der Waals surface area contributed by atoms with Gasteiger partial charge >= 0.3 is 0 Å². The van der Waals surface area contributed by atoms with Crippen LogP contribution in [0.2, 0.25) is 0 Å². The van der Waals surface area contributed by atoms with Crippen molar-refractivity contribution in [2.45, 2.75) is 32.1 Å². The zero-order valence-corrected chi connectivity index (χ0v) is 11.6. The summed E-state index contributed by atoms with van der Waals surface area (Å²) < 4.78 is 0. The van der Waals surface area contributed by atoms with Gasteiger partial charge in [-0.25, -0.2) is 0 Å². The minimum atomic E-state index is -0.00713. The molecular weight excluding hydrogens is 248 g/mol. The van der Waals surface area contributed by atoms with Crippen LogP contribution in [-0.2, 0) is 0 Å². The maximum absolute atomic E-state index is 12.3. The van der Waals surface area contributed by atoms with E-state index in [2.05, 4.69) is 10.3 Å². The minimum absolute atomic E-state index is 0.00713. The molecule has 1 amide bonds. The maximum atomic E-state index is 12.3. The Balaban J connectivity index is 1.66. The normalized spacial score (nSPS) is 15.6. The number of benzene rings is 1. The molecule has 20 heavy (non-hydrogen) atoms. The first kappa shape index (κ1) is 13.1. The van der Waals surface area contributed by atoms with Gasteiger partial charge in [0, 0.05) is 24.3 Å². The fourth-order valence-corrected chi connectivity index (χ4v) is 3.08. The Morgan fingerprint density at radius 2 is 2.00 bits per heavy atom. The van der Waals surface area contributed by atoms with Gasteiger partial charge in [-0.2, -0.15) is 0 Å². The summed E-state index contributed by atoms with van der Waals surface area (Å²) in [5.74, 6) is 0.799. The van der Waals surface area contributed by atoms with E-state index < -0.39 is 0 Å². The molecule has 1 heterocycles. The van der Waals surface area contributed by atoms with Crippen molar-refractivity contribution >= 4 is 16.7 Å².